The van der Waals surface area contributed by atoms with E-state index < -0.39 is 35.2 Å². The summed E-state index contributed by atoms with van der Waals surface area (Å²) in [7, 11) is 2.98. The summed E-state index contributed by atoms with van der Waals surface area (Å²) in [5, 5.41) is 2.58. The van der Waals surface area contributed by atoms with E-state index in [1.54, 1.807) is 30.3 Å². The van der Waals surface area contributed by atoms with Crippen LogP contribution < -0.4 is 15.6 Å². The van der Waals surface area contributed by atoms with E-state index in [0.29, 0.717) is 5.56 Å². The van der Waals surface area contributed by atoms with Crippen molar-refractivity contribution in [3.63, 3.8) is 0 Å². The second-order valence-corrected chi connectivity index (χ2v) is 8.25. The first kappa shape index (κ1) is 25.0. The minimum Gasteiger partial charge on any atom is -0.472 e. The molecule has 1 aromatic heterocycles. The van der Waals surface area contributed by atoms with Gasteiger partial charge in [0.25, 0.3) is 17.4 Å². The molecule has 1 heterocycles. The summed E-state index contributed by atoms with van der Waals surface area (Å²) in [4.78, 5) is 44.2. The summed E-state index contributed by atoms with van der Waals surface area (Å²) in [5.41, 5.74) is -0.332. The third-order valence-corrected chi connectivity index (χ3v) is 5.50. The Balaban J connectivity index is 1.95. The van der Waals surface area contributed by atoms with Crippen molar-refractivity contribution in [2.45, 2.75) is 19.7 Å². The number of nitrogens with zero attached hydrogens (tertiary/aromatic N) is 3. The van der Waals surface area contributed by atoms with Gasteiger partial charge in [0.05, 0.1) is 0 Å². The number of nitrogens with one attached hydrogen (secondary N) is 1. The highest BCUT2D eigenvalue weighted by Crippen LogP contribution is 2.22. The summed E-state index contributed by atoms with van der Waals surface area (Å²) in [6.07, 6.45) is -1.39. The number of hydrogen-bond acceptors (Lipinski definition) is 5. The zero-order valence-corrected chi connectivity index (χ0v) is 20.1. The van der Waals surface area contributed by atoms with Crippen LogP contribution in [0.4, 0.5) is 8.78 Å². The Labute approximate surface area is 202 Å². The van der Waals surface area contributed by atoms with Gasteiger partial charge in [-0.3, -0.25) is 19.0 Å². The van der Waals surface area contributed by atoms with Crippen molar-refractivity contribution in [2.75, 3.05) is 14.1 Å². The van der Waals surface area contributed by atoms with Crippen LogP contribution in [-0.2, 0) is 11.4 Å². The molecule has 3 aromatic rings. The van der Waals surface area contributed by atoms with Crippen LogP contribution in [0.1, 0.15) is 27.9 Å². The molecule has 1 atom stereocenters. The maximum absolute atomic E-state index is 13.9. The van der Waals surface area contributed by atoms with Crippen LogP contribution in [0.2, 0.25) is 0 Å². The van der Waals surface area contributed by atoms with Crippen LogP contribution in [0, 0.1) is 18.6 Å². The highest BCUT2D eigenvalue weighted by Gasteiger charge is 2.29. The van der Waals surface area contributed by atoms with Crippen molar-refractivity contribution in [1.29, 1.82) is 0 Å². The predicted octanol–water partition coefficient (Wildman–Crippen LogP) is 3.19. The maximum Gasteiger partial charge on any atom is 0.273 e. The smallest absolute Gasteiger partial charge is 0.273 e. The van der Waals surface area contributed by atoms with E-state index >= 15 is 0 Å². The van der Waals surface area contributed by atoms with Crippen molar-refractivity contribution >= 4 is 27.7 Å². The Kier molecular flexibility index (Phi) is 7.77. The van der Waals surface area contributed by atoms with Gasteiger partial charge in [0.15, 0.2) is 6.17 Å². The quantitative estimate of drug-likeness (QED) is 0.502. The first-order valence-corrected chi connectivity index (χ1v) is 10.8. The number of likely N-dealkylation sites (N-methyl/N-ethyl adjacent to an activating group) is 1. The Hall–Kier alpha value is -3.60. The normalized spacial score (nSPS) is 11.6. The largest absolute Gasteiger partial charge is 0.472 e. The SMILES string of the molecule is Cc1nc(OCc2ccc(F)cc2F)c(Br)c(=O)n1C(NC(=O)c1ccccc1)C(=O)N(C)C. The van der Waals surface area contributed by atoms with E-state index in [9.17, 15) is 23.2 Å². The molecule has 0 saturated heterocycles. The zero-order valence-electron chi connectivity index (χ0n) is 18.5. The molecule has 11 heteroatoms. The lowest BCUT2D eigenvalue weighted by molar-refractivity contribution is -0.133. The standard InChI is InChI=1S/C23H21BrF2N4O4/c1-13-27-21(34-12-15-9-10-16(25)11-17(15)26)18(24)22(32)30(13)19(23(33)29(2)3)28-20(31)14-7-5-4-6-8-14/h4-11,19H,12H2,1-3H3,(H,28,31). The average molecular weight is 535 g/mol. The summed E-state index contributed by atoms with van der Waals surface area (Å²) in [6, 6.07) is 11.2. The van der Waals surface area contributed by atoms with E-state index in [1.807, 2.05) is 0 Å². The van der Waals surface area contributed by atoms with Gasteiger partial charge >= 0.3 is 0 Å². The fourth-order valence-electron chi connectivity index (χ4n) is 3.06. The first-order valence-electron chi connectivity index (χ1n) is 10.0. The third kappa shape index (κ3) is 5.48. The lowest BCUT2D eigenvalue weighted by atomic mass is 10.2. The summed E-state index contributed by atoms with van der Waals surface area (Å²) < 4.78 is 33.4. The number of ether oxygens (including phenoxy) is 1. The van der Waals surface area contributed by atoms with Crippen LogP contribution in [0.3, 0.4) is 0 Å². The third-order valence-electron chi connectivity index (χ3n) is 4.82. The minimum atomic E-state index is -1.39. The summed E-state index contributed by atoms with van der Waals surface area (Å²) >= 11 is 3.12. The second kappa shape index (κ2) is 10.6. The lowest BCUT2D eigenvalue weighted by Gasteiger charge is -2.25. The van der Waals surface area contributed by atoms with Gasteiger partial charge in [-0.05, 0) is 47.1 Å². The van der Waals surface area contributed by atoms with Gasteiger partial charge in [0.1, 0.15) is 28.5 Å². The molecule has 34 heavy (non-hydrogen) atoms. The lowest BCUT2D eigenvalue weighted by Crippen LogP contribution is -2.47. The zero-order chi connectivity index (χ0) is 25.0. The molecule has 2 aromatic carbocycles. The Morgan fingerprint density at radius 2 is 1.85 bits per heavy atom. The second-order valence-electron chi connectivity index (χ2n) is 7.45. The van der Waals surface area contributed by atoms with E-state index in [0.717, 1.165) is 16.7 Å². The number of aromatic nitrogens is 2. The van der Waals surface area contributed by atoms with Crippen LogP contribution >= 0.6 is 15.9 Å². The number of carbonyl (C=O) groups excluding carboxylic acids is 2. The summed E-state index contributed by atoms with van der Waals surface area (Å²) in [5.74, 6) is -2.74. The molecule has 0 radical (unpaired) electrons. The Morgan fingerprint density at radius 1 is 1.18 bits per heavy atom. The van der Waals surface area contributed by atoms with Crippen LogP contribution in [0.25, 0.3) is 0 Å². The molecule has 0 bridgehead atoms. The number of amides is 2. The van der Waals surface area contributed by atoms with Crippen molar-refractivity contribution in [3.05, 3.63) is 91.9 Å². The van der Waals surface area contributed by atoms with Crippen LogP contribution in [0.5, 0.6) is 5.88 Å². The summed E-state index contributed by atoms with van der Waals surface area (Å²) in [6.45, 7) is 1.15. The van der Waals surface area contributed by atoms with Gasteiger partial charge in [0.2, 0.25) is 5.88 Å². The molecular formula is C23H21BrF2N4O4. The molecule has 0 aliphatic carbocycles. The molecule has 0 saturated carbocycles. The molecule has 0 fully saturated rings. The highest BCUT2D eigenvalue weighted by atomic mass is 79.9. The molecule has 8 nitrogen and oxygen atoms in total. The van der Waals surface area contributed by atoms with E-state index in [1.165, 1.54) is 32.0 Å². The molecule has 3 rings (SSSR count). The van der Waals surface area contributed by atoms with E-state index in [-0.39, 0.29) is 28.3 Å². The van der Waals surface area contributed by atoms with Gasteiger partial charge in [-0.1, -0.05) is 18.2 Å². The molecular weight excluding hydrogens is 514 g/mol. The molecule has 1 unspecified atom stereocenters. The molecule has 0 aliphatic heterocycles. The van der Waals surface area contributed by atoms with Gasteiger partial charge in [0, 0.05) is 31.3 Å². The molecule has 2 amide bonds. The Bertz CT molecular complexity index is 1280. The van der Waals surface area contributed by atoms with Gasteiger partial charge < -0.3 is 15.0 Å². The number of halogens is 3. The van der Waals surface area contributed by atoms with Gasteiger partial charge in [-0.15, -0.1) is 0 Å². The fourth-order valence-corrected chi connectivity index (χ4v) is 3.45. The van der Waals surface area contributed by atoms with Gasteiger partial charge in [-0.2, -0.15) is 4.98 Å². The van der Waals surface area contributed by atoms with E-state index in [4.69, 9.17) is 4.74 Å². The van der Waals surface area contributed by atoms with Crippen LogP contribution in [0.15, 0.2) is 57.8 Å². The average Bonchev–Trinajstić information content (AvgIpc) is 2.80. The molecule has 1 N–H and O–H groups in total. The fraction of sp³-hybridized carbons (Fsp3) is 0.217. The molecule has 0 spiro atoms. The number of rotatable bonds is 7. The van der Waals surface area contributed by atoms with Crippen molar-refractivity contribution in [1.82, 2.24) is 19.8 Å². The number of carbonyl (C=O) groups is 2. The Morgan fingerprint density at radius 3 is 2.47 bits per heavy atom. The predicted molar refractivity (Wildman–Crippen MR) is 123 cm³/mol. The van der Waals surface area contributed by atoms with Gasteiger partial charge in [-0.25, -0.2) is 8.78 Å². The monoisotopic (exact) mass is 534 g/mol. The molecule has 0 aliphatic rings. The molecule has 178 valence electrons. The van der Waals surface area contributed by atoms with Crippen molar-refractivity contribution < 1.29 is 23.1 Å². The van der Waals surface area contributed by atoms with E-state index in [2.05, 4.69) is 26.2 Å². The van der Waals surface area contributed by atoms with Crippen molar-refractivity contribution in [2.24, 2.45) is 0 Å². The first-order chi connectivity index (χ1) is 16.1. The number of hydrogen-bond donors (Lipinski definition) is 1. The topological polar surface area (TPSA) is 93.5 Å². The maximum atomic E-state index is 13.9. The minimum absolute atomic E-state index is 0.0627. The highest BCUT2D eigenvalue weighted by molar-refractivity contribution is 9.10. The number of benzene rings is 2. The number of aryl methyl sites for hydroxylation is 1. The van der Waals surface area contributed by atoms with Crippen LogP contribution in [-0.4, -0.2) is 40.4 Å². The van der Waals surface area contributed by atoms with Crippen molar-refractivity contribution in [3.8, 4) is 5.88 Å².